The van der Waals surface area contributed by atoms with Crippen LogP contribution in [0.4, 0.5) is 5.69 Å². The summed E-state index contributed by atoms with van der Waals surface area (Å²) in [6, 6.07) is 24.6. The first-order valence-corrected chi connectivity index (χ1v) is 16.1. The van der Waals surface area contributed by atoms with E-state index < -0.39 is 16.9 Å². The van der Waals surface area contributed by atoms with Crippen LogP contribution in [0.5, 0.6) is 0 Å². The molecule has 11 heteroatoms. The van der Waals surface area contributed by atoms with Gasteiger partial charge < -0.3 is 9.15 Å². The molecule has 0 saturated carbocycles. The van der Waals surface area contributed by atoms with Crippen LogP contribution in [0.15, 0.2) is 110 Å². The van der Waals surface area contributed by atoms with Crippen LogP contribution in [0.2, 0.25) is 0 Å². The number of fused-ring (bicyclic) bond motifs is 1. The molecule has 2 aromatic heterocycles. The van der Waals surface area contributed by atoms with Gasteiger partial charge >= 0.3 is 5.97 Å². The van der Waals surface area contributed by atoms with Crippen molar-refractivity contribution in [1.29, 1.82) is 0 Å². The molecule has 0 amide bonds. The zero-order valence-electron chi connectivity index (χ0n) is 24.6. The highest BCUT2D eigenvalue weighted by molar-refractivity contribution is 7.98. The van der Waals surface area contributed by atoms with Crippen molar-refractivity contribution in [2.24, 2.45) is 4.99 Å². The number of rotatable bonds is 8. The average molecular weight is 638 g/mol. The van der Waals surface area contributed by atoms with Gasteiger partial charge in [-0.15, -0.1) is 11.8 Å². The van der Waals surface area contributed by atoms with Gasteiger partial charge in [0.1, 0.15) is 11.5 Å². The number of carbonyl (C=O) groups is 1. The molecule has 6 rings (SSSR count). The lowest BCUT2D eigenvalue weighted by Crippen LogP contribution is -2.40. The number of hydrogen-bond acceptors (Lipinski definition) is 9. The summed E-state index contributed by atoms with van der Waals surface area (Å²) >= 11 is 2.79. The third-order valence-corrected chi connectivity index (χ3v) is 9.20. The van der Waals surface area contributed by atoms with Gasteiger partial charge in [-0.25, -0.2) is 9.79 Å². The Bertz CT molecular complexity index is 2140. The molecule has 9 nitrogen and oxygen atoms in total. The highest BCUT2D eigenvalue weighted by atomic mass is 32.2. The molecule has 0 unspecified atom stereocenters. The summed E-state index contributed by atoms with van der Waals surface area (Å²) in [6.45, 7) is 3.58. The van der Waals surface area contributed by atoms with Crippen molar-refractivity contribution in [3.63, 3.8) is 0 Å². The van der Waals surface area contributed by atoms with E-state index in [9.17, 15) is 19.7 Å². The Kier molecular flexibility index (Phi) is 8.38. The lowest BCUT2D eigenvalue weighted by atomic mass is 9.93. The van der Waals surface area contributed by atoms with Crippen molar-refractivity contribution >= 4 is 46.5 Å². The smallest absolute Gasteiger partial charge is 0.338 e. The molecule has 0 bridgehead atoms. The Morgan fingerprint density at radius 1 is 1.09 bits per heavy atom. The summed E-state index contributed by atoms with van der Waals surface area (Å²) in [5.41, 5.74) is 2.93. The summed E-state index contributed by atoms with van der Waals surface area (Å²) in [7, 11) is 0. The summed E-state index contributed by atoms with van der Waals surface area (Å²) in [5, 5.41) is 11.5. The molecule has 3 aromatic carbocycles. The number of nitro groups is 1. The first-order valence-electron chi connectivity index (χ1n) is 14.1. The largest absolute Gasteiger partial charge is 0.463 e. The topological polar surface area (TPSA) is 117 Å². The van der Waals surface area contributed by atoms with E-state index in [2.05, 4.69) is 0 Å². The minimum absolute atomic E-state index is 0.00375. The molecule has 5 aromatic rings. The Morgan fingerprint density at radius 2 is 1.84 bits per heavy atom. The monoisotopic (exact) mass is 637 g/mol. The molecule has 0 radical (unpaired) electrons. The summed E-state index contributed by atoms with van der Waals surface area (Å²) in [5.74, 6) is 0.296. The molecular formula is C34H27N3O6S2. The van der Waals surface area contributed by atoms with Gasteiger partial charge in [-0.2, -0.15) is 0 Å². The predicted molar refractivity (Wildman–Crippen MR) is 175 cm³/mol. The number of thiazole rings is 1. The number of benzene rings is 3. The van der Waals surface area contributed by atoms with Gasteiger partial charge in [0.25, 0.3) is 11.2 Å². The Labute approximate surface area is 266 Å². The molecule has 1 aliphatic heterocycles. The highest BCUT2D eigenvalue weighted by Gasteiger charge is 2.35. The summed E-state index contributed by atoms with van der Waals surface area (Å²) in [6.07, 6.45) is 3.61. The summed E-state index contributed by atoms with van der Waals surface area (Å²) < 4.78 is 13.5. The van der Waals surface area contributed by atoms with Gasteiger partial charge in [-0.05, 0) is 49.9 Å². The van der Waals surface area contributed by atoms with Gasteiger partial charge in [0.15, 0.2) is 4.80 Å². The number of aromatic nitrogens is 1. The maximum Gasteiger partial charge on any atom is 0.338 e. The van der Waals surface area contributed by atoms with Crippen LogP contribution < -0.4 is 14.9 Å². The van der Waals surface area contributed by atoms with Crippen LogP contribution in [0, 0.1) is 17.0 Å². The molecule has 0 spiro atoms. The average Bonchev–Trinajstić information content (AvgIpc) is 3.64. The maximum atomic E-state index is 14.1. The highest BCUT2D eigenvalue weighted by Crippen LogP contribution is 2.36. The zero-order valence-corrected chi connectivity index (χ0v) is 26.2. The minimum atomic E-state index is -0.784. The second-order valence-electron chi connectivity index (χ2n) is 10.1. The van der Waals surface area contributed by atoms with Crippen LogP contribution in [-0.4, -0.2) is 28.3 Å². The number of nitro benzene ring substituents is 1. The molecule has 1 atom stereocenters. The zero-order chi connectivity index (χ0) is 31.7. The first-order chi connectivity index (χ1) is 21.8. The maximum absolute atomic E-state index is 14.1. The second-order valence-corrected chi connectivity index (χ2v) is 12.0. The van der Waals surface area contributed by atoms with E-state index in [4.69, 9.17) is 14.1 Å². The minimum Gasteiger partial charge on any atom is -0.463 e. The second kappa shape index (κ2) is 12.5. The van der Waals surface area contributed by atoms with Gasteiger partial charge in [0, 0.05) is 33.7 Å². The summed E-state index contributed by atoms with van der Waals surface area (Å²) in [4.78, 5) is 45.1. The third-order valence-electron chi connectivity index (χ3n) is 7.47. The number of nitrogens with zero attached hydrogens (tertiary/aromatic N) is 3. The van der Waals surface area contributed by atoms with Crippen LogP contribution in [-0.2, 0) is 9.53 Å². The standard InChI is InChI=1S/C34H27N3O6S2/c1-4-42-33(39)29-30(21-9-6-5-7-10-21)35-34-36(31(29)22-13-16-24(44-3)17-14-22)32(38)28(45-34)19-23-15-18-27(43-23)25-11-8-12-26(20(25)2)37(40)41/h5-19,31H,4H2,1-3H3/b28-19-/t31-/m1/s1. The predicted octanol–water partition coefficient (Wildman–Crippen LogP) is 6.13. The first kappa shape index (κ1) is 30.0. The van der Waals surface area contributed by atoms with Crippen molar-refractivity contribution in [2.75, 3.05) is 12.9 Å². The SMILES string of the molecule is CCOC(=O)C1=C(c2ccccc2)N=c2s/c(=C\c3ccc(-c4cccc([N+](=O)[O-])c4C)o3)c(=O)n2[C@@H]1c1ccc(SC)cc1. The Hall–Kier alpha value is -5.00. The fourth-order valence-corrected chi connectivity index (χ4v) is 6.72. The van der Waals surface area contributed by atoms with E-state index in [0.29, 0.717) is 37.7 Å². The lowest BCUT2D eigenvalue weighted by Gasteiger charge is -2.26. The van der Waals surface area contributed by atoms with E-state index in [1.807, 2.05) is 60.9 Å². The number of hydrogen-bond donors (Lipinski definition) is 0. The van der Waals surface area contributed by atoms with Gasteiger partial charge in [-0.3, -0.25) is 19.5 Å². The fraction of sp³-hybridized carbons (Fsp3) is 0.147. The molecule has 3 heterocycles. The van der Waals surface area contributed by atoms with E-state index in [-0.39, 0.29) is 23.4 Å². The molecule has 45 heavy (non-hydrogen) atoms. The van der Waals surface area contributed by atoms with Crippen molar-refractivity contribution < 1.29 is 18.9 Å². The number of carbonyl (C=O) groups excluding carboxylic acids is 1. The van der Waals surface area contributed by atoms with Crippen molar-refractivity contribution in [3.05, 3.63) is 143 Å². The van der Waals surface area contributed by atoms with Crippen molar-refractivity contribution in [3.8, 4) is 11.3 Å². The molecule has 0 aliphatic carbocycles. The van der Waals surface area contributed by atoms with E-state index in [1.165, 1.54) is 22.0 Å². The number of esters is 1. The fourth-order valence-electron chi connectivity index (χ4n) is 5.33. The molecule has 226 valence electrons. The molecule has 1 aliphatic rings. The van der Waals surface area contributed by atoms with Gasteiger partial charge in [0.2, 0.25) is 0 Å². The normalized spacial score (nSPS) is 14.6. The van der Waals surface area contributed by atoms with Crippen molar-refractivity contribution in [2.45, 2.75) is 24.8 Å². The van der Waals surface area contributed by atoms with Crippen LogP contribution in [0.1, 0.15) is 35.4 Å². The quantitative estimate of drug-likeness (QED) is 0.0869. The third kappa shape index (κ3) is 5.67. The van der Waals surface area contributed by atoms with Gasteiger partial charge in [0.05, 0.1) is 33.4 Å². The van der Waals surface area contributed by atoms with E-state index in [0.717, 1.165) is 16.0 Å². The van der Waals surface area contributed by atoms with E-state index >= 15 is 0 Å². The Morgan fingerprint density at radius 3 is 2.53 bits per heavy atom. The van der Waals surface area contributed by atoms with Gasteiger partial charge in [-0.1, -0.05) is 65.9 Å². The molecule has 0 saturated heterocycles. The van der Waals surface area contributed by atoms with Crippen LogP contribution >= 0.6 is 23.1 Å². The van der Waals surface area contributed by atoms with Crippen molar-refractivity contribution in [1.82, 2.24) is 4.57 Å². The molecule has 0 N–H and O–H groups in total. The Balaban J connectivity index is 1.54. The van der Waals surface area contributed by atoms with Crippen LogP contribution in [0.25, 0.3) is 23.1 Å². The lowest BCUT2D eigenvalue weighted by molar-refractivity contribution is -0.385. The van der Waals surface area contributed by atoms with E-state index in [1.54, 1.807) is 56.0 Å². The number of ether oxygens (including phenoxy) is 1. The van der Waals surface area contributed by atoms with Crippen LogP contribution in [0.3, 0.4) is 0 Å². The molecular weight excluding hydrogens is 611 g/mol. The molecule has 0 fully saturated rings. The number of thioether (sulfide) groups is 1. The number of furan rings is 1.